The highest BCUT2D eigenvalue weighted by atomic mass is 127. The zero-order chi connectivity index (χ0) is 12.0. The van der Waals surface area contributed by atoms with E-state index in [0.717, 1.165) is 25.9 Å². The van der Waals surface area contributed by atoms with Crippen LogP contribution in [0, 0.1) is 22.0 Å². The highest BCUT2D eigenvalue weighted by Crippen LogP contribution is 2.24. The molecule has 3 rings (SSSR count). The minimum atomic E-state index is 0.654. The molecular formula is C13H8IN3. The van der Waals surface area contributed by atoms with Crippen LogP contribution in [0.1, 0.15) is 11.1 Å². The van der Waals surface area contributed by atoms with Gasteiger partial charge in [0, 0.05) is 0 Å². The van der Waals surface area contributed by atoms with Crippen molar-refractivity contribution in [3.05, 3.63) is 45.2 Å². The van der Waals surface area contributed by atoms with Crippen LogP contribution in [-0.2, 0) is 0 Å². The van der Waals surface area contributed by atoms with Crippen molar-refractivity contribution in [3.63, 3.8) is 0 Å². The van der Waals surface area contributed by atoms with Crippen LogP contribution in [0.5, 0.6) is 0 Å². The van der Waals surface area contributed by atoms with Gasteiger partial charge in [0.25, 0.3) is 0 Å². The molecule has 4 heteroatoms. The molecule has 0 atom stereocenters. The van der Waals surface area contributed by atoms with Crippen molar-refractivity contribution in [2.75, 3.05) is 0 Å². The van der Waals surface area contributed by atoms with Crippen molar-refractivity contribution in [1.29, 1.82) is 5.26 Å². The van der Waals surface area contributed by atoms with Crippen LogP contribution in [0.4, 0.5) is 0 Å². The molecule has 17 heavy (non-hydrogen) atoms. The molecule has 3 aromatic rings. The lowest BCUT2D eigenvalue weighted by molar-refractivity contribution is 1.15. The second kappa shape index (κ2) is 3.70. The van der Waals surface area contributed by atoms with E-state index in [-0.39, 0.29) is 0 Å². The Kier molecular flexibility index (Phi) is 2.30. The van der Waals surface area contributed by atoms with E-state index < -0.39 is 0 Å². The first-order valence-electron chi connectivity index (χ1n) is 5.19. The van der Waals surface area contributed by atoms with Crippen LogP contribution in [0.25, 0.3) is 16.7 Å². The summed E-state index contributed by atoms with van der Waals surface area (Å²) in [5.74, 6) is 0. The zero-order valence-corrected chi connectivity index (χ0v) is 11.3. The van der Waals surface area contributed by atoms with Crippen molar-refractivity contribution in [2.24, 2.45) is 0 Å². The Bertz CT molecular complexity index is 781. The number of aryl methyl sites for hydroxylation is 1. The fraction of sp³-hybridized carbons (Fsp3) is 0.0769. The first-order chi connectivity index (χ1) is 8.22. The SMILES string of the molecule is Cc1cc(I)n2c(nc3ccccc32)c1C#N. The maximum atomic E-state index is 9.23. The summed E-state index contributed by atoms with van der Waals surface area (Å²) < 4.78 is 3.10. The molecule has 1 aromatic carbocycles. The minimum absolute atomic E-state index is 0.654. The topological polar surface area (TPSA) is 41.1 Å². The Hall–Kier alpha value is -1.61. The number of para-hydroxylation sites is 2. The average Bonchev–Trinajstić information content (AvgIpc) is 2.68. The third-order valence-electron chi connectivity index (χ3n) is 2.84. The van der Waals surface area contributed by atoms with Gasteiger partial charge in [0.05, 0.1) is 20.3 Å². The summed E-state index contributed by atoms with van der Waals surface area (Å²) >= 11 is 2.28. The lowest BCUT2D eigenvalue weighted by Gasteiger charge is -2.04. The van der Waals surface area contributed by atoms with Gasteiger partial charge in [-0.3, -0.25) is 4.40 Å². The molecule has 0 N–H and O–H groups in total. The maximum absolute atomic E-state index is 9.23. The summed E-state index contributed by atoms with van der Waals surface area (Å²) in [6, 6.07) is 12.2. The molecule has 2 aromatic heterocycles. The molecule has 0 aliphatic heterocycles. The van der Waals surface area contributed by atoms with Crippen molar-refractivity contribution < 1.29 is 0 Å². The fourth-order valence-electron chi connectivity index (χ4n) is 2.04. The van der Waals surface area contributed by atoms with E-state index in [2.05, 4.69) is 33.6 Å². The maximum Gasteiger partial charge on any atom is 0.157 e. The Balaban J connectivity index is 2.65. The summed E-state index contributed by atoms with van der Waals surface area (Å²) in [6.07, 6.45) is 0. The van der Waals surface area contributed by atoms with Gasteiger partial charge in [-0.05, 0) is 53.3 Å². The molecule has 0 fully saturated rings. The molecule has 2 heterocycles. The van der Waals surface area contributed by atoms with E-state index in [1.165, 1.54) is 0 Å². The van der Waals surface area contributed by atoms with Gasteiger partial charge in [-0.2, -0.15) is 5.26 Å². The standard InChI is InChI=1S/C13H8IN3/c1-8-6-12(14)17-11-5-3-2-4-10(11)16-13(17)9(8)7-15/h2-6H,1H3. The number of fused-ring (bicyclic) bond motifs is 3. The van der Waals surface area contributed by atoms with E-state index in [0.29, 0.717) is 5.56 Å². The molecule has 0 bridgehead atoms. The van der Waals surface area contributed by atoms with Crippen LogP contribution >= 0.6 is 22.6 Å². The summed E-state index contributed by atoms with van der Waals surface area (Å²) in [5, 5.41) is 9.23. The van der Waals surface area contributed by atoms with Gasteiger partial charge < -0.3 is 0 Å². The Morgan fingerprint density at radius 2 is 2.12 bits per heavy atom. The van der Waals surface area contributed by atoms with E-state index in [1.807, 2.05) is 41.7 Å². The highest BCUT2D eigenvalue weighted by molar-refractivity contribution is 14.1. The molecule has 0 aliphatic rings. The average molecular weight is 333 g/mol. The number of pyridine rings is 1. The van der Waals surface area contributed by atoms with Crippen LogP contribution in [0.2, 0.25) is 0 Å². The molecule has 0 amide bonds. The zero-order valence-electron chi connectivity index (χ0n) is 9.11. The molecule has 3 nitrogen and oxygen atoms in total. The Morgan fingerprint density at radius 1 is 1.35 bits per heavy atom. The number of hydrogen-bond acceptors (Lipinski definition) is 2. The second-order valence-corrected chi connectivity index (χ2v) is 5.00. The summed E-state index contributed by atoms with van der Waals surface area (Å²) in [5.41, 5.74) is 4.34. The predicted octanol–water partition coefficient (Wildman–Crippen LogP) is 3.27. The van der Waals surface area contributed by atoms with Gasteiger partial charge in [-0.1, -0.05) is 12.1 Å². The number of imidazole rings is 1. The number of aromatic nitrogens is 2. The fourth-order valence-corrected chi connectivity index (χ4v) is 3.00. The number of halogens is 1. The quantitative estimate of drug-likeness (QED) is 0.468. The van der Waals surface area contributed by atoms with Gasteiger partial charge in [-0.25, -0.2) is 4.98 Å². The van der Waals surface area contributed by atoms with Crippen molar-refractivity contribution in [3.8, 4) is 6.07 Å². The minimum Gasteiger partial charge on any atom is -0.286 e. The molecule has 0 radical (unpaired) electrons. The van der Waals surface area contributed by atoms with Crippen molar-refractivity contribution >= 4 is 39.3 Å². The van der Waals surface area contributed by atoms with Gasteiger partial charge in [-0.15, -0.1) is 0 Å². The molecule has 0 unspecified atom stereocenters. The van der Waals surface area contributed by atoms with Gasteiger partial charge >= 0.3 is 0 Å². The largest absolute Gasteiger partial charge is 0.286 e. The molecule has 82 valence electrons. The van der Waals surface area contributed by atoms with Crippen molar-refractivity contribution in [1.82, 2.24) is 9.38 Å². The first-order valence-corrected chi connectivity index (χ1v) is 6.26. The molecule has 0 saturated carbocycles. The number of nitrogens with zero attached hydrogens (tertiary/aromatic N) is 3. The van der Waals surface area contributed by atoms with Crippen LogP contribution in [0.15, 0.2) is 30.3 Å². The molecule has 0 spiro atoms. The number of rotatable bonds is 0. The lowest BCUT2D eigenvalue weighted by atomic mass is 10.2. The van der Waals surface area contributed by atoms with E-state index in [4.69, 9.17) is 0 Å². The van der Waals surface area contributed by atoms with Crippen LogP contribution in [0.3, 0.4) is 0 Å². The first kappa shape index (κ1) is 10.5. The molecule has 0 saturated heterocycles. The van der Waals surface area contributed by atoms with Gasteiger partial charge in [0.2, 0.25) is 0 Å². The lowest BCUT2D eigenvalue weighted by Crippen LogP contribution is -1.96. The third kappa shape index (κ3) is 1.42. The summed E-state index contributed by atoms with van der Waals surface area (Å²) in [6.45, 7) is 1.94. The molecule has 0 aliphatic carbocycles. The molecular weight excluding hydrogens is 325 g/mol. The smallest absolute Gasteiger partial charge is 0.157 e. The van der Waals surface area contributed by atoms with Crippen LogP contribution < -0.4 is 0 Å². The Morgan fingerprint density at radius 3 is 2.88 bits per heavy atom. The summed E-state index contributed by atoms with van der Waals surface area (Å²) in [4.78, 5) is 4.54. The van der Waals surface area contributed by atoms with Gasteiger partial charge in [0.15, 0.2) is 5.65 Å². The predicted molar refractivity (Wildman–Crippen MR) is 74.9 cm³/mol. The van der Waals surface area contributed by atoms with E-state index in [1.54, 1.807) is 0 Å². The number of nitriles is 1. The summed E-state index contributed by atoms with van der Waals surface area (Å²) in [7, 11) is 0. The van der Waals surface area contributed by atoms with E-state index in [9.17, 15) is 5.26 Å². The number of benzene rings is 1. The highest BCUT2D eigenvalue weighted by Gasteiger charge is 2.12. The Labute approximate surface area is 112 Å². The second-order valence-electron chi connectivity index (χ2n) is 3.90. The van der Waals surface area contributed by atoms with E-state index >= 15 is 0 Å². The van der Waals surface area contributed by atoms with Crippen molar-refractivity contribution in [2.45, 2.75) is 6.92 Å². The van der Waals surface area contributed by atoms with Gasteiger partial charge in [0.1, 0.15) is 6.07 Å². The number of hydrogen-bond donors (Lipinski definition) is 0. The van der Waals surface area contributed by atoms with Crippen LogP contribution in [-0.4, -0.2) is 9.38 Å². The third-order valence-corrected chi connectivity index (χ3v) is 3.63. The monoisotopic (exact) mass is 333 g/mol. The normalized spacial score (nSPS) is 10.9.